The summed E-state index contributed by atoms with van der Waals surface area (Å²) in [5.74, 6) is 0.944. The first-order valence-corrected chi connectivity index (χ1v) is 14.4. The van der Waals surface area contributed by atoms with Gasteiger partial charge in [-0.3, -0.25) is 4.57 Å². The normalized spacial score (nSPS) is 14.1. The van der Waals surface area contributed by atoms with E-state index >= 15 is 0 Å². The molecule has 0 aliphatic carbocycles. The Morgan fingerprint density at radius 2 is 1.27 bits per heavy atom. The standard InChI is InChI=1S/C38H35N3/c1-37(2,3)27-21-24-34-31(25-27)38(4,5)30-15-9-11-17-33(30)40(34)29-22-19-26(20-23-29)36-39-32-16-10-12-18-35(32)41(36)28-13-7-6-8-14-28/h6-25H,1-5H3. The highest BCUT2D eigenvalue weighted by atomic mass is 15.2. The fourth-order valence-corrected chi connectivity index (χ4v) is 6.27. The molecule has 2 heterocycles. The van der Waals surface area contributed by atoms with Gasteiger partial charge in [0.15, 0.2) is 0 Å². The summed E-state index contributed by atoms with van der Waals surface area (Å²) in [5, 5.41) is 0. The van der Waals surface area contributed by atoms with E-state index in [-0.39, 0.29) is 10.8 Å². The number of rotatable bonds is 3. The molecule has 41 heavy (non-hydrogen) atoms. The Balaban J connectivity index is 1.38. The molecule has 0 saturated carbocycles. The van der Waals surface area contributed by atoms with E-state index in [0.717, 1.165) is 33.8 Å². The molecule has 1 aliphatic heterocycles. The summed E-state index contributed by atoms with van der Waals surface area (Å²) in [6.07, 6.45) is 0. The van der Waals surface area contributed by atoms with Gasteiger partial charge in [0, 0.05) is 22.4 Å². The Morgan fingerprint density at radius 3 is 2.02 bits per heavy atom. The molecule has 0 radical (unpaired) electrons. The van der Waals surface area contributed by atoms with Gasteiger partial charge >= 0.3 is 0 Å². The smallest absolute Gasteiger partial charge is 0.145 e. The van der Waals surface area contributed by atoms with Crippen LogP contribution < -0.4 is 4.90 Å². The topological polar surface area (TPSA) is 21.1 Å². The molecule has 0 fully saturated rings. The summed E-state index contributed by atoms with van der Waals surface area (Å²) >= 11 is 0. The van der Waals surface area contributed by atoms with Crippen LogP contribution in [-0.2, 0) is 10.8 Å². The summed E-state index contributed by atoms with van der Waals surface area (Å²) < 4.78 is 2.26. The van der Waals surface area contributed by atoms with Crippen LogP contribution >= 0.6 is 0 Å². The van der Waals surface area contributed by atoms with Crippen molar-refractivity contribution in [3.8, 4) is 17.1 Å². The van der Waals surface area contributed by atoms with E-state index in [1.54, 1.807) is 0 Å². The lowest BCUT2D eigenvalue weighted by molar-refractivity contribution is 0.580. The molecular weight excluding hydrogens is 498 g/mol. The molecule has 5 aromatic carbocycles. The second kappa shape index (κ2) is 9.21. The molecule has 3 nitrogen and oxygen atoms in total. The van der Waals surface area contributed by atoms with Crippen LogP contribution in [0.5, 0.6) is 0 Å². The van der Waals surface area contributed by atoms with Gasteiger partial charge in [-0.2, -0.15) is 0 Å². The number of fused-ring (bicyclic) bond motifs is 3. The number of para-hydroxylation sites is 4. The van der Waals surface area contributed by atoms with Crippen molar-refractivity contribution in [3.63, 3.8) is 0 Å². The Hall–Kier alpha value is -4.63. The van der Waals surface area contributed by atoms with Crippen molar-refractivity contribution in [3.05, 3.63) is 138 Å². The van der Waals surface area contributed by atoms with Gasteiger partial charge in [0.1, 0.15) is 5.82 Å². The SMILES string of the molecule is CC(C)(C)c1ccc2c(c1)C(C)(C)c1ccccc1N2c1ccc(-c2nc3ccccc3n2-c2ccccc2)cc1. The fraction of sp³-hybridized carbons (Fsp3) is 0.184. The first-order valence-electron chi connectivity index (χ1n) is 14.4. The number of imidazole rings is 1. The molecule has 3 heteroatoms. The third-order valence-electron chi connectivity index (χ3n) is 8.55. The van der Waals surface area contributed by atoms with Crippen molar-refractivity contribution in [1.29, 1.82) is 0 Å². The van der Waals surface area contributed by atoms with E-state index in [4.69, 9.17) is 4.98 Å². The van der Waals surface area contributed by atoms with Gasteiger partial charge in [-0.1, -0.05) is 95.3 Å². The molecule has 0 saturated heterocycles. The van der Waals surface area contributed by atoms with E-state index in [2.05, 4.69) is 165 Å². The van der Waals surface area contributed by atoms with Crippen LogP contribution in [0.1, 0.15) is 51.3 Å². The molecule has 0 N–H and O–H groups in total. The Labute approximate surface area is 242 Å². The maximum absolute atomic E-state index is 5.07. The molecule has 6 aromatic rings. The van der Waals surface area contributed by atoms with E-state index in [1.807, 2.05) is 0 Å². The predicted molar refractivity (Wildman–Crippen MR) is 172 cm³/mol. The minimum Gasteiger partial charge on any atom is -0.310 e. The Kier molecular flexibility index (Phi) is 5.69. The largest absolute Gasteiger partial charge is 0.310 e. The van der Waals surface area contributed by atoms with Gasteiger partial charge in [-0.25, -0.2) is 4.98 Å². The van der Waals surface area contributed by atoms with Crippen LogP contribution in [0.15, 0.2) is 121 Å². The third kappa shape index (κ3) is 4.07. The predicted octanol–water partition coefficient (Wildman–Crippen LogP) is 10.1. The van der Waals surface area contributed by atoms with Crippen molar-refractivity contribution in [2.24, 2.45) is 0 Å². The molecule has 0 amide bonds. The molecule has 0 spiro atoms. The minimum atomic E-state index is -0.107. The van der Waals surface area contributed by atoms with Crippen molar-refractivity contribution < 1.29 is 0 Å². The second-order valence-corrected chi connectivity index (χ2v) is 12.6. The minimum absolute atomic E-state index is 0.0821. The van der Waals surface area contributed by atoms with Gasteiger partial charge in [0.2, 0.25) is 0 Å². The lowest BCUT2D eigenvalue weighted by Crippen LogP contribution is -2.31. The van der Waals surface area contributed by atoms with Crippen LogP contribution in [-0.4, -0.2) is 9.55 Å². The number of nitrogens with zero attached hydrogens (tertiary/aromatic N) is 3. The molecular formula is C38H35N3. The summed E-state index contributed by atoms with van der Waals surface area (Å²) in [6, 6.07) is 43.6. The van der Waals surface area contributed by atoms with E-state index < -0.39 is 0 Å². The van der Waals surface area contributed by atoms with Crippen LogP contribution in [0.25, 0.3) is 28.1 Å². The lowest BCUT2D eigenvalue weighted by Gasteiger charge is -2.42. The highest BCUT2D eigenvalue weighted by Crippen LogP contribution is 2.52. The van der Waals surface area contributed by atoms with E-state index in [1.165, 1.54) is 28.1 Å². The van der Waals surface area contributed by atoms with Gasteiger partial charge in [-0.05, 0) is 82.8 Å². The average Bonchev–Trinajstić information content (AvgIpc) is 3.37. The summed E-state index contributed by atoms with van der Waals surface area (Å²) in [7, 11) is 0. The zero-order chi connectivity index (χ0) is 28.4. The van der Waals surface area contributed by atoms with Gasteiger partial charge < -0.3 is 4.90 Å². The Bertz CT molecular complexity index is 1890. The summed E-state index contributed by atoms with van der Waals surface area (Å²) in [6.45, 7) is 11.6. The van der Waals surface area contributed by atoms with E-state index in [9.17, 15) is 0 Å². The maximum atomic E-state index is 5.07. The molecule has 1 aromatic heterocycles. The molecule has 0 unspecified atom stereocenters. The van der Waals surface area contributed by atoms with Crippen molar-refractivity contribution in [2.75, 3.05) is 4.90 Å². The number of hydrogen-bond acceptors (Lipinski definition) is 2. The fourth-order valence-electron chi connectivity index (χ4n) is 6.27. The van der Waals surface area contributed by atoms with Crippen molar-refractivity contribution in [1.82, 2.24) is 9.55 Å². The number of anilines is 3. The number of hydrogen-bond donors (Lipinski definition) is 0. The Morgan fingerprint density at radius 1 is 0.610 bits per heavy atom. The molecule has 0 atom stereocenters. The van der Waals surface area contributed by atoms with Crippen LogP contribution in [0, 0.1) is 0 Å². The van der Waals surface area contributed by atoms with Gasteiger partial charge in [0.05, 0.1) is 22.4 Å². The molecule has 7 rings (SSSR count). The lowest BCUT2D eigenvalue weighted by atomic mass is 9.71. The first-order chi connectivity index (χ1) is 19.7. The number of benzene rings is 5. The summed E-state index contributed by atoms with van der Waals surface area (Å²) in [4.78, 5) is 7.50. The summed E-state index contributed by atoms with van der Waals surface area (Å²) in [5.41, 5.74) is 11.9. The zero-order valence-electron chi connectivity index (χ0n) is 24.4. The van der Waals surface area contributed by atoms with Crippen molar-refractivity contribution >= 4 is 28.1 Å². The second-order valence-electron chi connectivity index (χ2n) is 12.6. The number of aromatic nitrogens is 2. The zero-order valence-corrected chi connectivity index (χ0v) is 24.4. The molecule has 1 aliphatic rings. The highest BCUT2D eigenvalue weighted by molar-refractivity contribution is 5.87. The van der Waals surface area contributed by atoms with Crippen LogP contribution in [0.3, 0.4) is 0 Å². The maximum Gasteiger partial charge on any atom is 0.145 e. The molecule has 202 valence electrons. The quantitative estimate of drug-likeness (QED) is 0.226. The first kappa shape index (κ1) is 25.3. The van der Waals surface area contributed by atoms with Crippen LogP contribution in [0.2, 0.25) is 0 Å². The average molecular weight is 534 g/mol. The van der Waals surface area contributed by atoms with Crippen LogP contribution in [0.4, 0.5) is 17.1 Å². The van der Waals surface area contributed by atoms with Crippen molar-refractivity contribution in [2.45, 2.75) is 45.4 Å². The molecule has 0 bridgehead atoms. The highest BCUT2D eigenvalue weighted by Gasteiger charge is 2.37. The monoisotopic (exact) mass is 533 g/mol. The van der Waals surface area contributed by atoms with Gasteiger partial charge in [-0.15, -0.1) is 0 Å². The van der Waals surface area contributed by atoms with E-state index in [0.29, 0.717) is 0 Å². The van der Waals surface area contributed by atoms with Gasteiger partial charge in [0.25, 0.3) is 0 Å². The third-order valence-corrected chi connectivity index (χ3v) is 8.55.